The van der Waals surface area contributed by atoms with Crippen LogP contribution in [-0.2, 0) is 29.0 Å². The maximum absolute atomic E-state index is 8.88. The molecule has 0 aliphatic heterocycles. The van der Waals surface area contributed by atoms with Gasteiger partial charge in [0.25, 0.3) is 0 Å². The van der Waals surface area contributed by atoms with Crippen molar-refractivity contribution >= 4 is 7.82 Å². The molecule has 57 valence electrons. The predicted molar refractivity (Wildman–Crippen MR) is 15.6 cm³/mol. The summed E-state index contributed by atoms with van der Waals surface area (Å²) in [5.74, 6) is 0. The zero-order valence-electron chi connectivity index (χ0n) is 4.83. The summed E-state index contributed by atoms with van der Waals surface area (Å²) in [7, 11) is -4.64. The van der Waals surface area contributed by atoms with Crippen LogP contribution in [0.15, 0.2) is 0 Å². The fourth-order valence-corrected chi connectivity index (χ4v) is 0. The number of rotatable bonds is 0. The predicted octanol–water partition coefficient (Wildman–Crippen LogP) is -5.35. The summed E-state index contributed by atoms with van der Waals surface area (Å²) in [6, 6.07) is 0. The van der Waals surface area contributed by atoms with Gasteiger partial charge >= 0.3 is 87.4 Å². The van der Waals surface area contributed by atoms with Gasteiger partial charge in [0.2, 0.25) is 0 Å². The second-order valence-electron chi connectivity index (χ2n) is 0.717. The van der Waals surface area contributed by atoms with Gasteiger partial charge in [-0.05, 0) is 0 Å². The first-order chi connectivity index (χ1) is 3.73. The standard InChI is InChI=1S/K.H3O4P.3O.W/c;1-5(2,3)4;;;;/h;(H3,1,2,3,4);;;;/q+1;;;;-1;. The van der Waals surface area contributed by atoms with Gasteiger partial charge in [0.1, 0.15) is 0 Å². The molecule has 0 amide bonds. The molecule has 0 saturated heterocycles. The Morgan fingerprint density at radius 2 is 1.20 bits per heavy atom. The van der Waals surface area contributed by atoms with Gasteiger partial charge in [-0.3, -0.25) is 0 Å². The first-order valence-electron chi connectivity index (χ1n) is 1.28. The monoisotopic (exact) mass is 369 g/mol. The Labute approximate surface area is 105 Å². The first kappa shape index (κ1) is 17.9. The van der Waals surface area contributed by atoms with Gasteiger partial charge in [0.15, 0.2) is 0 Å². The molecule has 0 heterocycles. The number of hydrogen-bond donors (Lipinski definition) is 3. The van der Waals surface area contributed by atoms with Crippen LogP contribution >= 0.6 is 7.82 Å². The van der Waals surface area contributed by atoms with Gasteiger partial charge in [-0.2, -0.15) is 0 Å². The molecule has 0 aromatic heterocycles. The molecule has 0 spiro atoms. The molecule has 10 heteroatoms. The molecular formula is H3KO7PW. The summed E-state index contributed by atoms with van der Waals surface area (Å²) in [6.45, 7) is 0. The van der Waals surface area contributed by atoms with Crippen LogP contribution in [0.5, 0.6) is 0 Å². The van der Waals surface area contributed by atoms with E-state index >= 15 is 0 Å². The Hall–Kier alpha value is 1.99. The third-order valence-corrected chi connectivity index (χ3v) is 0. The van der Waals surface area contributed by atoms with E-state index in [9.17, 15) is 0 Å². The Morgan fingerprint density at radius 1 is 1.20 bits per heavy atom. The van der Waals surface area contributed by atoms with Gasteiger partial charge in [0, 0.05) is 0 Å². The van der Waals surface area contributed by atoms with Crippen molar-refractivity contribution in [2.75, 3.05) is 0 Å². The maximum atomic E-state index is 8.88. The van der Waals surface area contributed by atoms with Crippen molar-refractivity contribution in [2.24, 2.45) is 0 Å². The van der Waals surface area contributed by atoms with Gasteiger partial charge in [0.05, 0.1) is 0 Å². The van der Waals surface area contributed by atoms with Gasteiger partial charge in [-0.1, -0.05) is 0 Å². The Balaban J connectivity index is -0.0000000910. The van der Waals surface area contributed by atoms with Crippen molar-refractivity contribution in [1.82, 2.24) is 0 Å². The van der Waals surface area contributed by atoms with Crippen LogP contribution in [0.3, 0.4) is 0 Å². The van der Waals surface area contributed by atoms with Crippen LogP contribution < -0.4 is 55.1 Å². The van der Waals surface area contributed by atoms with Gasteiger partial charge in [-0.25, -0.2) is 4.57 Å². The van der Waals surface area contributed by atoms with Crippen LogP contribution in [0.4, 0.5) is 0 Å². The molecule has 3 N–H and O–H groups in total. The summed E-state index contributed by atoms with van der Waals surface area (Å²) in [5, 5.41) is 0. The average Bonchev–Trinajstić information content (AvgIpc) is 1.19. The molecular weight excluding hydrogens is 366 g/mol. The fourth-order valence-electron chi connectivity index (χ4n) is 0. The van der Waals surface area contributed by atoms with E-state index in [-0.39, 0.29) is 51.4 Å². The minimum absolute atomic E-state index is 0. The van der Waals surface area contributed by atoms with Crippen LogP contribution in [0.2, 0.25) is 0 Å². The minimum atomic E-state index is -4.64. The third kappa shape index (κ3) is 203. The molecule has 0 bridgehead atoms. The summed E-state index contributed by atoms with van der Waals surface area (Å²) < 4.78 is 34.7. The van der Waals surface area contributed by atoms with E-state index in [1.165, 1.54) is 0 Å². The van der Waals surface area contributed by atoms with Gasteiger partial charge < -0.3 is 14.7 Å². The summed E-state index contributed by atoms with van der Waals surface area (Å²) in [5.41, 5.74) is 0. The number of hydrogen-bond acceptors (Lipinski definition) is 4. The van der Waals surface area contributed by atoms with E-state index in [0.717, 1.165) is 0 Å². The Kier molecular flexibility index (Phi) is 16.3. The molecule has 0 atom stereocenters. The quantitative estimate of drug-likeness (QED) is 0.287. The summed E-state index contributed by atoms with van der Waals surface area (Å²) >= 11 is -4.28. The molecule has 7 nitrogen and oxygen atoms in total. The molecule has 0 unspecified atom stereocenters. The van der Waals surface area contributed by atoms with E-state index in [2.05, 4.69) is 0 Å². The van der Waals surface area contributed by atoms with E-state index in [4.69, 9.17) is 29.8 Å². The summed E-state index contributed by atoms with van der Waals surface area (Å²) in [4.78, 5) is 21.6. The zero-order chi connectivity index (χ0) is 8.08. The van der Waals surface area contributed by atoms with Crippen molar-refractivity contribution in [3.05, 3.63) is 0 Å². The van der Waals surface area contributed by atoms with Crippen LogP contribution in [-0.4, -0.2) is 14.7 Å². The third-order valence-electron chi connectivity index (χ3n) is 0. The SMILES string of the molecule is O=P(O)(O)O.[K+].[O]=[W](=[O])[O-]. The van der Waals surface area contributed by atoms with E-state index in [1.807, 2.05) is 0 Å². The van der Waals surface area contributed by atoms with E-state index in [1.54, 1.807) is 0 Å². The summed E-state index contributed by atoms with van der Waals surface area (Å²) in [6.07, 6.45) is 0. The molecule has 0 aromatic rings. The van der Waals surface area contributed by atoms with Crippen LogP contribution in [0, 0.1) is 0 Å². The molecule has 0 saturated carbocycles. The van der Waals surface area contributed by atoms with E-state index in [0.29, 0.717) is 0 Å². The molecule has 0 radical (unpaired) electrons. The second-order valence-corrected chi connectivity index (χ2v) is 3.21. The molecule has 0 aromatic carbocycles. The topological polar surface area (TPSA) is 135 Å². The van der Waals surface area contributed by atoms with Crippen molar-refractivity contribution in [1.29, 1.82) is 0 Å². The molecule has 0 rings (SSSR count). The molecule has 0 aliphatic rings. The van der Waals surface area contributed by atoms with Crippen LogP contribution in [0.25, 0.3) is 0 Å². The normalized spacial score (nSPS) is 8.40. The molecule has 10 heavy (non-hydrogen) atoms. The molecule has 0 fully saturated rings. The Bertz CT molecular complexity index is 148. The first-order valence-corrected chi connectivity index (χ1v) is 6.44. The second kappa shape index (κ2) is 9.09. The average molecular weight is 369 g/mol. The van der Waals surface area contributed by atoms with Crippen molar-refractivity contribution in [3.63, 3.8) is 0 Å². The molecule has 0 aliphatic carbocycles. The number of phosphoric acid groups is 1. The zero-order valence-corrected chi connectivity index (χ0v) is 11.8. The van der Waals surface area contributed by atoms with Gasteiger partial charge in [-0.15, -0.1) is 0 Å². The Morgan fingerprint density at radius 3 is 1.20 bits per heavy atom. The van der Waals surface area contributed by atoms with Crippen molar-refractivity contribution in [3.8, 4) is 0 Å². The van der Waals surface area contributed by atoms with Crippen LogP contribution in [0.1, 0.15) is 0 Å². The van der Waals surface area contributed by atoms with Crippen molar-refractivity contribution in [2.45, 2.75) is 0 Å². The van der Waals surface area contributed by atoms with Crippen molar-refractivity contribution < 1.29 is 98.8 Å². The fraction of sp³-hybridized carbons (Fsp3) is 0. The van der Waals surface area contributed by atoms with E-state index < -0.39 is 25.4 Å².